The highest BCUT2D eigenvalue weighted by Gasteiger charge is 2.42. The predicted octanol–water partition coefficient (Wildman–Crippen LogP) is 2.23. The first-order valence-electron chi connectivity index (χ1n) is 9.58. The van der Waals surface area contributed by atoms with Crippen LogP contribution >= 0.6 is 0 Å². The Labute approximate surface area is 153 Å². The summed E-state index contributed by atoms with van der Waals surface area (Å²) in [4.78, 5) is 24.2. The summed E-state index contributed by atoms with van der Waals surface area (Å²) >= 11 is 0. The van der Waals surface area contributed by atoms with E-state index in [-0.39, 0.29) is 36.3 Å². The fourth-order valence-corrected chi connectivity index (χ4v) is 3.82. The van der Waals surface area contributed by atoms with Crippen LogP contribution in [0.5, 0.6) is 5.75 Å². The molecule has 6 nitrogen and oxygen atoms in total. The van der Waals surface area contributed by atoms with Gasteiger partial charge in [0.1, 0.15) is 11.4 Å². The molecule has 2 heterocycles. The molecule has 0 aromatic heterocycles. The molecule has 1 aliphatic carbocycles. The van der Waals surface area contributed by atoms with Gasteiger partial charge in [-0.25, -0.2) is 0 Å². The number of carbonyl (C=O) groups is 2. The van der Waals surface area contributed by atoms with Gasteiger partial charge in [0.15, 0.2) is 0 Å². The lowest BCUT2D eigenvalue weighted by atomic mass is 9.82. The van der Waals surface area contributed by atoms with Gasteiger partial charge in [0.2, 0.25) is 11.8 Å². The summed E-state index contributed by atoms with van der Waals surface area (Å²) in [6.45, 7) is 1.37. The van der Waals surface area contributed by atoms with E-state index in [4.69, 9.17) is 9.47 Å². The fraction of sp³-hybridized carbons (Fsp3) is 0.600. The van der Waals surface area contributed by atoms with Crippen LogP contribution in [0.1, 0.15) is 56.6 Å². The van der Waals surface area contributed by atoms with Crippen molar-refractivity contribution in [3.8, 4) is 5.75 Å². The second kappa shape index (κ2) is 7.27. The van der Waals surface area contributed by atoms with Gasteiger partial charge in [-0.05, 0) is 18.9 Å². The van der Waals surface area contributed by atoms with E-state index in [0.717, 1.165) is 43.4 Å². The maximum absolute atomic E-state index is 12.4. The van der Waals surface area contributed by atoms with Crippen molar-refractivity contribution in [2.24, 2.45) is 0 Å². The summed E-state index contributed by atoms with van der Waals surface area (Å²) in [5.74, 6) is 0.730. The molecule has 6 heteroatoms. The van der Waals surface area contributed by atoms with E-state index >= 15 is 0 Å². The molecule has 1 atom stereocenters. The zero-order valence-electron chi connectivity index (χ0n) is 15.0. The number of rotatable bonds is 5. The summed E-state index contributed by atoms with van der Waals surface area (Å²) in [6, 6.07) is 8.14. The van der Waals surface area contributed by atoms with Gasteiger partial charge in [0.05, 0.1) is 19.3 Å². The standard InChI is InChI=1S/C20H26N2O4/c23-18(21-14-5-6-14)7-8-19(24)22-16-13-20(9-11-25-12-10-20)26-17-4-2-1-3-15(16)17/h1-4,14,16H,5-13H2,(H,21,23)(H,22,24)/t16-/m1/s1. The maximum Gasteiger partial charge on any atom is 0.220 e. The Balaban J connectivity index is 1.40. The van der Waals surface area contributed by atoms with E-state index < -0.39 is 0 Å². The molecule has 1 aromatic carbocycles. The minimum Gasteiger partial charge on any atom is -0.487 e. The topological polar surface area (TPSA) is 76.7 Å². The van der Waals surface area contributed by atoms with Crippen LogP contribution in [-0.2, 0) is 14.3 Å². The molecule has 2 aliphatic heterocycles. The molecule has 2 amide bonds. The Morgan fingerprint density at radius 3 is 2.46 bits per heavy atom. The van der Waals surface area contributed by atoms with Crippen molar-refractivity contribution in [3.63, 3.8) is 0 Å². The first-order chi connectivity index (χ1) is 12.6. The Morgan fingerprint density at radius 2 is 1.73 bits per heavy atom. The molecule has 26 heavy (non-hydrogen) atoms. The number of ether oxygens (including phenoxy) is 2. The number of carbonyl (C=O) groups excluding carboxylic acids is 2. The second-order valence-electron chi connectivity index (χ2n) is 7.60. The molecule has 2 N–H and O–H groups in total. The predicted molar refractivity (Wildman–Crippen MR) is 95.8 cm³/mol. The lowest BCUT2D eigenvalue weighted by Gasteiger charge is -2.44. The van der Waals surface area contributed by atoms with E-state index in [9.17, 15) is 9.59 Å². The zero-order valence-corrected chi connectivity index (χ0v) is 15.0. The molecule has 4 rings (SSSR count). The Bertz CT molecular complexity index is 680. The van der Waals surface area contributed by atoms with E-state index in [2.05, 4.69) is 10.6 Å². The van der Waals surface area contributed by atoms with Crippen molar-refractivity contribution in [1.29, 1.82) is 0 Å². The fourth-order valence-electron chi connectivity index (χ4n) is 3.82. The molecule has 0 radical (unpaired) electrons. The van der Waals surface area contributed by atoms with Crippen molar-refractivity contribution in [2.75, 3.05) is 13.2 Å². The van der Waals surface area contributed by atoms with Gasteiger partial charge >= 0.3 is 0 Å². The molecule has 3 aliphatic rings. The summed E-state index contributed by atoms with van der Waals surface area (Å²) in [5.41, 5.74) is 0.744. The van der Waals surface area contributed by atoms with Crippen LogP contribution in [0, 0.1) is 0 Å². The first kappa shape index (κ1) is 17.3. The first-order valence-corrected chi connectivity index (χ1v) is 9.58. The van der Waals surface area contributed by atoms with Gasteiger partial charge < -0.3 is 20.1 Å². The molecule has 1 saturated carbocycles. The number of hydrogen-bond donors (Lipinski definition) is 2. The molecule has 1 spiro atoms. The Kier molecular flexibility index (Phi) is 4.85. The Morgan fingerprint density at radius 1 is 1.04 bits per heavy atom. The number of para-hydroxylation sites is 1. The van der Waals surface area contributed by atoms with Crippen molar-refractivity contribution >= 4 is 11.8 Å². The summed E-state index contributed by atoms with van der Waals surface area (Å²) in [7, 11) is 0. The van der Waals surface area contributed by atoms with Gasteiger partial charge in [-0.3, -0.25) is 9.59 Å². The van der Waals surface area contributed by atoms with Crippen molar-refractivity contribution < 1.29 is 19.1 Å². The van der Waals surface area contributed by atoms with Gasteiger partial charge in [0, 0.05) is 43.7 Å². The van der Waals surface area contributed by atoms with Crippen molar-refractivity contribution in [2.45, 2.75) is 62.6 Å². The van der Waals surface area contributed by atoms with Crippen LogP contribution in [0.15, 0.2) is 24.3 Å². The van der Waals surface area contributed by atoms with Gasteiger partial charge in [0.25, 0.3) is 0 Å². The minimum absolute atomic E-state index is 0.0315. The molecular weight excluding hydrogens is 332 g/mol. The molecule has 1 aromatic rings. The van der Waals surface area contributed by atoms with Crippen LogP contribution in [0.3, 0.4) is 0 Å². The number of amides is 2. The van der Waals surface area contributed by atoms with Gasteiger partial charge in [-0.1, -0.05) is 18.2 Å². The molecular formula is C20H26N2O4. The smallest absolute Gasteiger partial charge is 0.220 e. The van der Waals surface area contributed by atoms with E-state index in [0.29, 0.717) is 19.3 Å². The highest BCUT2D eigenvalue weighted by Crippen LogP contribution is 2.43. The highest BCUT2D eigenvalue weighted by molar-refractivity contribution is 5.84. The van der Waals surface area contributed by atoms with Crippen LogP contribution < -0.4 is 15.4 Å². The quantitative estimate of drug-likeness (QED) is 0.846. The largest absolute Gasteiger partial charge is 0.487 e. The third-order valence-electron chi connectivity index (χ3n) is 5.46. The van der Waals surface area contributed by atoms with Crippen LogP contribution in [-0.4, -0.2) is 36.7 Å². The summed E-state index contributed by atoms with van der Waals surface area (Å²) < 4.78 is 11.8. The summed E-state index contributed by atoms with van der Waals surface area (Å²) in [5, 5.41) is 6.05. The van der Waals surface area contributed by atoms with Gasteiger partial charge in [-0.15, -0.1) is 0 Å². The molecule has 140 valence electrons. The van der Waals surface area contributed by atoms with E-state index in [1.54, 1.807) is 0 Å². The van der Waals surface area contributed by atoms with Gasteiger partial charge in [-0.2, -0.15) is 0 Å². The van der Waals surface area contributed by atoms with Crippen LogP contribution in [0.4, 0.5) is 0 Å². The van der Waals surface area contributed by atoms with Crippen LogP contribution in [0.2, 0.25) is 0 Å². The number of nitrogens with one attached hydrogen (secondary N) is 2. The van der Waals surface area contributed by atoms with E-state index in [1.807, 2.05) is 24.3 Å². The van der Waals surface area contributed by atoms with E-state index in [1.165, 1.54) is 0 Å². The maximum atomic E-state index is 12.4. The molecule has 1 saturated heterocycles. The highest BCUT2D eigenvalue weighted by atomic mass is 16.5. The normalized spacial score (nSPS) is 23.6. The minimum atomic E-state index is -0.270. The molecule has 2 fully saturated rings. The Hall–Kier alpha value is -2.08. The lowest BCUT2D eigenvalue weighted by Crippen LogP contribution is -2.48. The van der Waals surface area contributed by atoms with Crippen LogP contribution in [0.25, 0.3) is 0 Å². The number of hydrogen-bond acceptors (Lipinski definition) is 4. The third-order valence-corrected chi connectivity index (χ3v) is 5.46. The third kappa shape index (κ3) is 4.01. The molecule has 0 bridgehead atoms. The van der Waals surface area contributed by atoms with Crippen molar-refractivity contribution in [1.82, 2.24) is 10.6 Å². The average molecular weight is 358 g/mol. The van der Waals surface area contributed by atoms with Crippen molar-refractivity contribution in [3.05, 3.63) is 29.8 Å². The number of benzene rings is 1. The SMILES string of the molecule is O=C(CCC(=O)N[C@@H]1CC2(CCOCC2)Oc2ccccc21)NC1CC1. The second-order valence-corrected chi connectivity index (χ2v) is 7.60. The zero-order chi connectivity index (χ0) is 18.0. The monoisotopic (exact) mass is 358 g/mol. The average Bonchev–Trinajstić information content (AvgIpc) is 3.44. The lowest BCUT2D eigenvalue weighted by molar-refractivity contribution is -0.127. The molecule has 0 unspecified atom stereocenters. The number of fused-ring (bicyclic) bond motifs is 1. The summed E-state index contributed by atoms with van der Waals surface area (Å²) in [6.07, 6.45) is 4.98.